The number of nitrogens with two attached hydrogens (primary N) is 1. The van der Waals surface area contributed by atoms with Crippen LogP contribution in [0.25, 0.3) is 0 Å². The minimum Gasteiger partial charge on any atom is -0.434 e. The maximum absolute atomic E-state index is 11.4. The number of unbranched alkanes of at least 4 members (excludes halogenated alkanes) is 2. The van der Waals surface area contributed by atoms with Gasteiger partial charge in [0, 0.05) is 0 Å². The smallest absolute Gasteiger partial charge is 0.434 e. The van der Waals surface area contributed by atoms with E-state index in [4.69, 9.17) is 15.2 Å². The van der Waals surface area contributed by atoms with Gasteiger partial charge in [-0.2, -0.15) is 0 Å². The van der Waals surface area contributed by atoms with E-state index >= 15 is 0 Å². The summed E-state index contributed by atoms with van der Waals surface area (Å²) in [4.78, 5) is 22.6. The lowest BCUT2D eigenvalue weighted by atomic mass is 10.1. The molecule has 0 aromatic rings. The van der Waals surface area contributed by atoms with Gasteiger partial charge in [0.15, 0.2) is 0 Å². The molecule has 0 saturated carbocycles. The van der Waals surface area contributed by atoms with Crippen molar-refractivity contribution in [1.82, 2.24) is 5.32 Å². The minimum atomic E-state index is -0.666. The van der Waals surface area contributed by atoms with Crippen LogP contribution in [-0.2, 0) is 14.3 Å². The Bertz CT molecular complexity index is 283. The molecule has 1 aliphatic rings. The molecule has 0 radical (unpaired) electrons. The standard InChI is InChI=1S/C12H22N2O4/c1-2-3-4-7-17-12(16)18-9-5-6-10(13)11(15)14-8-9/h9-10H,2-8,13H2,1H3,(H,14,15)/t9-,10+/m1/s1. The van der Waals surface area contributed by atoms with Crippen LogP contribution in [-0.4, -0.2) is 37.4 Å². The average Bonchev–Trinajstić information content (AvgIpc) is 2.50. The van der Waals surface area contributed by atoms with E-state index in [9.17, 15) is 9.59 Å². The summed E-state index contributed by atoms with van der Waals surface area (Å²) in [6.45, 7) is 2.76. The van der Waals surface area contributed by atoms with Crippen LogP contribution in [0.5, 0.6) is 0 Å². The van der Waals surface area contributed by atoms with E-state index in [1.165, 1.54) is 0 Å². The molecule has 0 unspecified atom stereocenters. The highest BCUT2D eigenvalue weighted by molar-refractivity contribution is 5.81. The number of ether oxygens (including phenoxy) is 2. The van der Waals surface area contributed by atoms with Crippen LogP contribution in [0.4, 0.5) is 4.79 Å². The maximum Gasteiger partial charge on any atom is 0.508 e. The molecule has 104 valence electrons. The molecule has 1 saturated heterocycles. The minimum absolute atomic E-state index is 0.197. The largest absolute Gasteiger partial charge is 0.508 e. The Kier molecular flexibility index (Phi) is 6.49. The van der Waals surface area contributed by atoms with E-state index in [1.807, 2.05) is 0 Å². The summed E-state index contributed by atoms with van der Waals surface area (Å²) in [5.41, 5.74) is 5.60. The van der Waals surface area contributed by atoms with Gasteiger partial charge in [-0.05, 0) is 19.3 Å². The van der Waals surface area contributed by atoms with Crippen LogP contribution in [0.3, 0.4) is 0 Å². The number of carbonyl (C=O) groups is 2. The lowest BCUT2D eigenvalue weighted by Gasteiger charge is -2.14. The van der Waals surface area contributed by atoms with Crippen molar-refractivity contribution in [2.45, 2.75) is 51.2 Å². The quantitative estimate of drug-likeness (QED) is 0.565. The first-order valence-corrected chi connectivity index (χ1v) is 6.50. The molecule has 0 aromatic carbocycles. The molecule has 18 heavy (non-hydrogen) atoms. The number of carbonyl (C=O) groups excluding carboxylic acids is 2. The average molecular weight is 258 g/mol. The second-order valence-corrected chi connectivity index (χ2v) is 4.47. The van der Waals surface area contributed by atoms with Crippen molar-refractivity contribution in [1.29, 1.82) is 0 Å². The normalized spacial score (nSPS) is 24.0. The number of nitrogens with one attached hydrogen (secondary N) is 1. The molecule has 1 aliphatic heterocycles. The first-order chi connectivity index (χ1) is 8.63. The Hall–Kier alpha value is -1.30. The second-order valence-electron chi connectivity index (χ2n) is 4.47. The summed E-state index contributed by atoms with van der Waals surface area (Å²) in [6.07, 6.45) is 3.02. The third kappa shape index (κ3) is 5.35. The van der Waals surface area contributed by atoms with Crippen LogP contribution in [0.15, 0.2) is 0 Å². The van der Waals surface area contributed by atoms with E-state index in [1.54, 1.807) is 0 Å². The van der Waals surface area contributed by atoms with E-state index in [0.29, 0.717) is 26.0 Å². The van der Waals surface area contributed by atoms with Gasteiger partial charge in [-0.1, -0.05) is 19.8 Å². The molecule has 1 rings (SSSR count). The molecule has 1 amide bonds. The van der Waals surface area contributed by atoms with Crippen LogP contribution in [0.1, 0.15) is 39.0 Å². The Morgan fingerprint density at radius 1 is 1.44 bits per heavy atom. The topological polar surface area (TPSA) is 90.7 Å². The SMILES string of the molecule is CCCCCOC(=O)O[C@@H]1CC[C@H](N)C(=O)NC1. The van der Waals surface area contributed by atoms with Crippen molar-refractivity contribution in [2.75, 3.05) is 13.2 Å². The zero-order valence-electron chi connectivity index (χ0n) is 10.8. The molecular formula is C12H22N2O4. The molecule has 0 spiro atoms. The monoisotopic (exact) mass is 258 g/mol. The summed E-state index contributed by atoms with van der Waals surface area (Å²) >= 11 is 0. The molecule has 6 nitrogen and oxygen atoms in total. The highest BCUT2D eigenvalue weighted by atomic mass is 16.7. The molecule has 1 heterocycles. The fourth-order valence-corrected chi connectivity index (χ4v) is 1.72. The van der Waals surface area contributed by atoms with Crippen LogP contribution in [0.2, 0.25) is 0 Å². The summed E-state index contributed by atoms with van der Waals surface area (Å²) in [6, 6.07) is -0.515. The van der Waals surface area contributed by atoms with Gasteiger partial charge < -0.3 is 20.5 Å². The third-order valence-corrected chi connectivity index (χ3v) is 2.87. The molecule has 1 fully saturated rings. The van der Waals surface area contributed by atoms with Crippen LogP contribution in [0, 0.1) is 0 Å². The highest BCUT2D eigenvalue weighted by Crippen LogP contribution is 2.09. The van der Waals surface area contributed by atoms with Crippen molar-refractivity contribution in [3.8, 4) is 0 Å². The van der Waals surface area contributed by atoms with Crippen LogP contribution >= 0.6 is 0 Å². The zero-order chi connectivity index (χ0) is 13.4. The lowest BCUT2D eigenvalue weighted by molar-refractivity contribution is -0.122. The summed E-state index contributed by atoms with van der Waals surface area (Å²) in [5.74, 6) is -0.197. The van der Waals surface area contributed by atoms with Crippen molar-refractivity contribution >= 4 is 12.1 Å². The molecule has 6 heteroatoms. The molecule has 0 aromatic heterocycles. The number of hydrogen-bond donors (Lipinski definition) is 2. The summed E-state index contributed by atoms with van der Waals surface area (Å²) < 4.78 is 10.1. The molecule has 3 N–H and O–H groups in total. The number of amides is 1. The van der Waals surface area contributed by atoms with Gasteiger partial charge in [-0.15, -0.1) is 0 Å². The highest BCUT2D eigenvalue weighted by Gasteiger charge is 2.24. The third-order valence-electron chi connectivity index (χ3n) is 2.87. The lowest BCUT2D eigenvalue weighted by Crippen LogP contribution is -2.39. The van der Waals surface area contributed by atoms with Gasteiger partial charge in [-0.3, -0.25) is 4.79 Å². The van der Waals surface area contributed by atoms with E-state index in [0.717, 1.165) is 19.3 Å². The zero-order valence-corrected chi connectivity index (χ0v) is 10.8. The van der Waals surface area contributed by atoms with Gasteiger partial charge >= 0.3 is 6.16 Å². The van der Waals surface area contributed by atoms with Gasteiger partial charge in [0.25, 0.3) is 0 Å². The second kappa shape index (κ2) is 7.92. The fourth-order valence-electron chi connectivity index (χ4n) is 1.72. The van der Waals surface area contributed by atoms with E-state index < -0.39 is 12.2 Å². The summed E-state index contributed by atoms with van der Waals surface area (Å²) in [7, 11) is 0. The first-order valence-electron chi connectivity index (χ1n) is 6.50. The van der Waals surface area contributed by atoms with Gasteiger partial charge in [-0.25, -0.2) is 4.79 Å². The Morgan fingerprint density at radius 2 is 2.22 bits per heavy atom. The summed E-state index contributed by atoms with van der Waals surface area (Å²) in [5, 5.41) is 2.63. The van der Waals surface area contributed by atoms with Crippen molar-refractivity contribution in [2.24, 2.45) is 5.73 Å². The van der Waals surface area contributed by atoms with Crippen molar-refractivity contribution in [3.63, 3.8) is 0 Å². The van der Waals surface area contributed by atoms with Crippen molar-refractivity contribution in [3.05, 3.63) is 0 Å². The van der Waals surface area contributed by atoms with E-state index in [2.05, 4.69) is 12.2 Å². The first kappa shape index (κ1) is 14.8. The molecule has 2 atom stereocenters. The van der Waals surface area contributed by atoms with E-state index in [-0.39, 0.29) is 12.0 Å². The Morgan fingerprint density at radius 3 is 2.94 bits per heavy atom. The molecule has 0 aliphatic carbocycles. The van der Waals surface area contributed by atoms with Gasteiger partial charge in [0.1, 0.15) is 6.10 Å². The Labute approximate surface area is 107 Å². The Balaban J connectivity index is 2.21. The molecular weight excluding hydrogens is 236 g/mol. The number of rotatable bonds is 5. The van der Waals surface area contributed by atoms with Gasteiger partial charge in [0.2, 0.25) is 5.91 Å². The van der Waals surface area contributed by atoms with Gasteiger partial charge in [0.05, 0.1) is 19.2 Å². The predicted octanol–water partition coefficient (Wildman–Crippen LogP) is 0.936. The number of hydrogen-bond acceptors (Lipinski definition) is 5. The van der Waals surface area contributed by atoms with Crippen molar-refractivity contribution < 1.29 is 19.1 Å². The van der Waals surface area contributed by atoms with Crippen LogP contribution < -0.4 is 11.1 Å². The maximum atomic E-state index is 11.4. The predicted molar refractivity (Wildman–Crippen MR) is 66.0 cm³/mol. The fraction of sp³-hybridized carbons (Fsp3) is 0.833. The molecule has 0 bridgehead atoms.